The maximum atomic E-state index is 11.0. The van der Waals surface area contributed by atoms with Gasteiger partial charge in [-0.15, -0.1) is 0 Å². The number of aromatic hydroxyl groups is 1. The molecule has 2 heterocycles. The van der Waals surface area contributed by atoms with Crippen molar-refractivity contribution in [3.63, 3.8) is 0 Å². The van der Waals surface area contributed by atoms with Gasteiger partial charge in [-0.2, -0.15) is 0 Å². The Kier molecular flexibility index (Phi) is 3.97. The first-order valence-electron chi connectivity index (χ1n) is 8.37. The van der Waals surface area contributed by atoms with Crippen molar-refractivity contribution in [1.82, 2.24) is 4.90 Å². The van der Waals surface area contributed by atoms with E-state index in [9.17, 15) is 10.2 Å². The van der Waals surface area contributed by atoms with E-state index in [1.807, 2.05) is 0 Å². The highest BCUT2D eigenvalue weighted by Crippen LogP contribution is 2.67. The summed E-state index contributed by atoms with van der Waals surface area (Å²) in [6.07, 6.45) is 0.841. The van der Waals surface area contributed by atoms with Crippen LogP contribution in [0.1, 0.15) is 17.5 Å². The molecule has 136 valence electrons. The van der Waals surface area contributed by atoms with E-state index in [-0.39, 0.29) is 26.9 Å². The molecule has 25 heavy (non-hydrogen) atoms. The van der Waals surface area contributed by atoms with Crippen molar-refractivity contribution < 1.29 is 14.9 Å². The second-order valence-electron chi connectivity index (χ2n) is 7.65. The molecule has 4 nitrogen and oxygen atoms in total. The predicted molar refractivity (Wildman–Crippen MR) is 109 cm³/mol. The van der Waals surface area contributed by atoms with Gasteiger partial charge in [0.15, 0.2) is 11.5 Å². The van der Waals surface area contributed by atoms with Crippen molar-refractivity contribution in [2.75, 3.05) is 13.6 Å². The zero-order chi connectivity index (χ0) is 17.8. The Morgan fingerprint density at radius 3 is 2.64 bits per heavy atom. The zero-order valence-corrected chi connectivity index (χ0v) is 19.7. The molecule has 4 aliphatic rings. The fraction of sp³-hybridized carbons (Fsp3) is 0.647. The number of nitrogens with zero attached hydrogens (tertiary/aromatic N) is 1. The van der Waals surface area contributed by atoms with Gasteiger partial charge in [0.25, 0.3) is 0 Å². The molecule has 2 bridgehead atoms. The van der Waals surface area contributed by atoms with Crippen molar-refractivity contribution in [3.8, 4) is 11.5 Å². The van der Waals surface area contributed by atoms with Crippen LogP contribution in [0.3, 0.4) is 0 Å². The quantitative estimate of drug-likeness (QED) is 0.445. The Labute approximate surface area is 179 Å². The first-order valence-corrected chi connectivity index (χ1v) is 11.8. The number of rotatable bonds is 0. The number of piperidine rings is 1. The van der Waals surface area contributed by atoms with E-state index < -0.39 is 6.10 Å². The molecule has 0 radical (unpaired) electrons. The van der Waals surface area contributed by atoms with Crippen molar-refractivity contribution in [3.05, 3.63) is 20.1 Å². The summed E-state index contributed by atoms with van der Waals surface area (Å²) >= 11 is 14.8. The second kappa shape index (κ2) is 5.60. The van der Waals surface area contributed by atoms with Crippen molar-refractivity contribution in [2.24, 2.45) is 5.92 Å². The van der Waals surface area contributed by atoms with Crippen molar-refractivity contribution >= 4 is 63.7 Å². The molecule has 2 fully saturated rings. The van der Waals surface area contributed by atoms with Gasteiger partial charge in [0.1, 0.15) is 12.2 Å². The summed E-state index contributed by atoms with van der Waals surface area (Å²) in [7, 11) is 2.19. The van der Waals surface area contributed by atoms with Crippen molar-refractivity contribution in [2.45, 2.75) is 46.2 Å². The van der Waals surface area contributed by atoms with Crippen LogP contribution in [0.15, 0.2) is 8.95 Å². The van der Waals surface area contributed by atoms with Gasteiger partial charge in [0.05, 0.1) is 9.30 Å². The van der Waals surface area contributed by atoms with Crippen LogP contribution in [0.5, 0.6) is 11.5 Å². The van der Waals surface area contributed by atoms with Gasteiger partial charge < -0.3 is 19.8 Å². The molecule has 1 spiro atoms. The maximum Gasteiger partial charge on any atom is 0.173 e. The lowest BCUT2D eigenvalue weighted by molar-refractivity contribution is -0.0908. The largest absolute Gasteiger partial charge is 0.503 e. The molecule has 2 aliphatic heterocycles. The molecule has 1 saturated heterocycles. The summed E-state index contributed by atoms with van der Waals surface area (Å²) in [5.41, 5.74) is 2.05. The highest BCUT2D eigenvalue weighted by atomic mass is 79.9. The first kappa shape index (κ1) is 17.7. The summed E-state index contributed by atoms with van der Waals surface area (Å²) in [6, 6.07) is 0.364. The smallest absolute Gasteiger partial charge is 0.173 e. The standard InChI is InChI=1S/C17H17Br4NO3/c1-22-3-2-17-7-5-4-6(22)8(17)10(19)12(21)14(24)16(17)25-15(7)13(23)11(20)9(5)18/h6,8,10,12,14,16,23-24H,2-4H2,1H3/t6-,8-,10-,12+,14+,16+,17-/m1/s1. The third-order valence-corrected chi connectivity index (χ3v) is 11.9. The van der Waals surface area contributed by atoms with Crippen LogP contribution in [0.25, 0.3) is 0 Å². The van der Waals surface area contributed by atoms with Crippen LogP contribution in [0.4, 0.5) is 0 Å². The molecule has 2 aliphatic carbocycles. The maximum absolute atomic E-state index is 11.0. The lowest BCUT2D eigenvalue weighted by Gasteiger charge is -2.61. The van der Waals surface area contributed by atoms with E-state index in [4.69, 9.17) is 4.74 Å². The van der Waals surface area contributed by atoms with Crippen LogP contribution in [-0.4, -0.2) is 56.6 Å². The summed E-state index contributed by atoms with van der Waals surface area (Å²) in [5, 5.41) is 21.7. The minimum Gasteiger partial charge on any atom is -0.503 e. The normalized spacial score (nSPS) is 44.4. The summed E-state index contributed by atoms with van der Waals surface area (Å²) < 4.78 is 7.84. The summed E-state index contributed by atoms with van der Waals surface area (Å²) in [6.45, 7) is 0.966. The van der Waals surface area contributed by atoms with Gasteiger partial charge in [-0.25, -0.2) is 0 Å². The van der Waals surface area contributed by atoms with Gasteiger partial charge in [-0.05, 0) is 63.9 Å². The van der Waals surface area contributed by atoms with Crippen LogP contribution < -0.4 is 4.74 Å². The molecule has 2 N–H and O–H groups in total. The lowest BCUT2D eigenvalue weighted by atomic mass is 9.51. The Hall–Kier alpha value is 0.660. The fourth-order valence-corrected chi connectivity index (χ4v) is 8.44. The van der Waals surface area contributed by atoms with E-state index in [0.29, 0.717) is 22.2 Å². The SMILES string of the molecule is CN1CC[C@]23c4c5c(Br)c(Br)c(O)c4O[C@H]2[C@@H](O)[C@@H](Br)[C@H](Br)[C@H]3[C@H]1C5. The number of phenolic OH excluding ortho intramolecular Hbond substituents is 1. The summed E-state index contributed by atoms with van der Waals surface area (Å²) in [5.74, 6) is 1.00. The highest BCUT2D eigenvalue weighted by molar-refractivity contribution is 9.13. The third-order valence-electron chi connectivity index (χ3n) is 6.78. The number of phenols is 1. The van der Waals surface area contributed by atoms with Crippen LogP contribution in [0, 0.1) is 5.92 Å². The van der Waals surface area contributed by atoms with E-state index in [0.717, 1.165) is 29.4 Å². The molecular weight excluding hydrogens is 586 g/mol. The second-order valence-corrected chi connectivity index (χ2v) is 11.3. The predicted octanol–water partition coefficient (Wildman–Crippen LogP) is 3.69. The summed E-state index contributed by atoms with van der Waals surface area (Å²) in [4.78, 5) is 2.49. The third kappa shape index (κ3) is 1.95. The average Bonchev–Trinajstić information content (AvgIpc) is 2.93. The number of hydrogen-bond acceptors (Lipinski definition) is 4. The fourth-order valence-electron chi connectivity index (χ4n) is 5.73. The minimum absolute atomic E-state index is 0.0884. The minimum atomic E-state index is -0.639. The van der Waals surface area contributed by atoms with E-state index in [2.05, 4.69) is 75.7 Å². The van der Waals surface area contributed by atoms with E-state index in [1.165, 1.54) is 5.56 Å². The number of likely N-dealkylation sites (tertiary alicyclic amines) is 1. The molecule has 0 aromatic heterocycles. The number of ether oxygens (including phenoxy) is 1. The molecule has 5 rings (SSSR count). The molecule has 7 atom stereocenters. The molecule has 0 unspecified atom stereocenters. The molecule has 1 saturated carbocycles. The number of likely N-dealkylation sites (N-methyl/N-ethyl adjacent to an activating group) is 1. The Balaban J connectivity index is 1.86. The number of halogens is 4. The molecule has 0 amide bonds. The Morgan fingerprint density at radius 1 is 1.20 bits per heavy atom. The number of alkyl halides is 2. The van der Waals surface area contributed by atoms with E-state index in [1.54, 1.807) is 0 Å². The zero-order valence-electron chi connectivity index (χ0n) is 13.3. The van der Waals surface area contributed by atoms with Gasteiger partial charge >= 0.3 is 0 Å². The van der Waals surface area contributed by atoms with Crippen LogP contribution in [-0.2, 0) is 11.8 Å². The van der Waals surface area contributed by atoms with Crippen LogP contribution >= 0.6 is 63.7 Å². The van der Waals surface area contributed by atoms with Gasteiger partial charge in [0, 0.05) is 32.2 Å². The lowest BCUT2D eigenvalue weighted by Crippen LogP contribution is -2.72. The first-order chi connectivity index (χ1) is 11.8. The number of hydrogen-bond donors (Lipinski definition) is 2. The number of benzene rings is 1. The van der Waals surface area contributed by atoms with Gasteiger partial charge in [-0.3, -0.25) is 0 Å². The van der Waals surface area contributed by atoms with Crippen LogP contribution in [0.2, 0.25) is 0 Å². The number of aliphatic hydroxyl groups excluding tert-OH is 1. The average molecular weight is 603 g/mol. The Bertz CT molecular complexity index is 790. The van der Waals surface area contributed by atoms with Gasteiger partial charge in [0.2, 0.25) is 0 Å². The monoisotopic (exact) mass is 599 g/mol. The molecular formula is C17H17Br4NO3. The topological polar surface area (TPSA) is 52.9 Å². The number of aliphatic hydroxyl groups is 1. The highest BCUT2D eigenvalue weighted by Gasteiger charge is 2.69. The molecule has 8 heteroatoms. The Morgan fingerprint density at radius 2 is 1.92 bits per heavy atom. The molecule has 1 aromatic rings. The van der Waals surface area contributed by atoms with Crippen molar-refractivity contribution in [1.29, 1.82) is 0 Å². The van der Waals surface area contributed by atoms with E-state index >= 15 is 0 Å². The molecule has 1 aromatic carbocycles. The van der Waals surface area contributed by atoms with Gasteiger partial charge in [-0.1, -0.05) is 31.9 Å².